The molecule has 0 unspecified atom stereocenters. The average molecular weight is 432 g/mol. The zero-order valence-electron chi connectivity index (χ0n) is 16.8. The van der Waals surface area contributed by atoms with Crippen LogP contribution in [0.4, 0.5) is 33.2 Å². The Morgan fingerprint density at radius 2 is 1.97 bits per heavy atom. The van der Waals surface area contributed by atoms with Crippen LogP contribution in [0.3, 0.4) is 0 Å². The molecule has 1 atom stereocenters. The van der Waals surface area contributed by atoms with Crippen molar-refractivity contribution in [1.29, 1.82) is 0 Å². The first-order valence-corrected chi connectivity index (χ1v) is 9.73. The number of carbonyl (C=O) groups excluding carboxylic acids is 1. The van der Waals surface area contributed by atoms with Crippen molar-refractivity contribution in [3.05, 3.63) is 66.9 Å². The molecule has 0 radical (unpaired) electrons. The van der Waals surface area contributed by atoms with Crippen LogP contribution in [0.2, 0.25) is 0 Å². The molecule has 160 valence electrons. The second-order valence-corrected chi connectivity index (χ2v) is 7.02. The van der Waals surface area contributed by atoms with E-state index in [4.69, 9.17) is 9.15 Å². The number of fused-ring (bicyclic) bond motifs is 1. The maximum atomic E-state index is 14.4. The fraction of sp³-hybridized carbons (Fsp3) is 0.0909. The summed E-state index contributed by atoms with van der Waals surface area (Å²) in [5.41, 5.74) is 2.47. The first kappa shape index (κ1) is 19.5. The number of rotatable bonds is 5. The third-order valence-corrected chi connectivity index (χ3v) is 4.72. The van der Waals surface area contributed by atoms with Gasteiger partial charge in [0.1, 0.15) is 12.0 Å². The standard InChI is InChI=1S/C22H17FN6O3/c1-12-20(30)28-17-10-15(5-6-18(17)32-12)26-19-16(23)11-25-22(29-19)27-14-4-2-3-13(9-14)21-24-7-8-31-21/h2-12H,1H3,(H,28,30)(H2,25,26,27,29)/t12-/m0/s1. The fourth-order valence-corrected chi connectivity index (χ4v) is 3.16. The maximum absolute atomic E-state index is 14.4. The van der Waals surface area contributed by atoms with Crippen molar-refractivity contribution in [1.82, 2.24) is 15.0 Å². The van der Waals surface area contributed by atoms with Crippen LogP contribution in [0.15, 0.2) is 65.5 Å². The lowest BCUT2D eigenvalue weighted by atomic mass is 10.2. The summed E-state index contributed by atoms with van der Waals surface area (Å²) in [6.45, 7) is 1.66. The zero-order valence-corrected chi connectivity index (χ0v) is 16.8. The SMILES string of the molecule is C[C@@H]1Oc2ccc(Nc3nc(Nc4cccc(-c5ncco5)c4)ncc3F)cc2NC1=O. The monoisotopic (exact) mass is 432 g/mol. The lowest BCUT2D eigenvalue weighted by Crippen LogP contribution is -2.34. The molecule has 32 heavy (non-hydrogen) atoms. The summed E-state index contributed by atoms with van der Waals surface area (Å²) in [7, 11) is 0. The van der Waals surface area contributed by atoms with Gasteiger partial charge in [-0.15, -0.1) is 0 Å². The largest absolute Gasteiger partial charge is 0.479 e. The summed E-state index contributed by atoms with van der Waals surface area (Å²) >= 11 is 0. The first-order chi connectivity index (χ1) is 15.5. The Labute approximate surface area is 181 Å². The summed E-state index contributed by atoms with van der Waals surface area (Å²) in [5, 5.41) is 8.71. The lowest BCUT2D eigenvalue weighted by molar-refractivity contribution is -0.122. The Kier molecular flexibility index (Phi) is 4.86. The number of hydrogen-bond acceptors (Lipinski definition) is 8. The van der Waals surface area contributed by atoms with Crippen molar-refractivity contribution in [2.45, 2.75) is 13.0 Å². The van der Waals surface area contributed by atoms with Crippen LogP contribution in [0.5, 0.6) is 5.75 Å². The summed E-state index contributed by atoms with van der Waals surface area (Å²) in [6, 6.07) is 12.4. The number of oxazole rings is 1. The summed E-state index contributed by atoms with van der Waals surface area (Å²) in [5.74, 6) is 0.314. The Balaban J connectivity index is 1.36. The van der Waals surface area contributed by atoms with Gasteiger partial charge in [0.15, 0.2) is 17.7 Å². The average Bonchev–Trinajstić information content (AvgIpc) is 3.32. The molecule has 0 bridgehead atoms. The highest BCUT2D eigenvalue weighted by molar-refractivity contribution is 5.98. The van der Waals surface area contributed by atoms with E-state index in [2.05, 4.69) is 30.9 Å². The van der Waals surface area contributed by atoms with E-state index in [1.54, 1.807) is 31.3 Å². The van der Waals surface area contributed by atoms with E-state index in [0.717, 1.165) is 11.8 Å². The summed E-state index contributed by atoms with van der Waals surface area (Å²) in [6.07, 6.45) is 3.56. The number of amides is 1. The van der Waals surface area contributed by atoms with Crippen LogP contribution in [-0.2, 0) is 4.79 Å². The Hall–Kier alpha value is -4.47. The molecule has 3 N–H and O–H groups in total. The van der Waals surface area contributed by atoms with Crippen molar-refractivity contribution in [2.75, 3.05) is 16.0 Å². The van der Waals surface area contributed by atoms with Gasteiger partial charge in [-0.25, -0.2) is 14.4 Å². The third kappa shape index (κ3) is 3.93. The van der Waals surface area contributed by atoms with Gasteiger partial charge < -0.3 is 25.1 Å². The van der Waals surface area contributed by atoms with Crippen molar-refractivity contribution in [3.63, 3.8) is 0 Å². The molecular weight excluding hydrogens is 415 g/mol. The quantitative estimate of drug-likeness (QED) is 0.423. The van der Waals surface area contributed by atoms with E-state index >= 15 is 0 Å². The van der Waals surface area contributed by atoms with Crippen molar-refractivity contribution in [3.8, 4) is 17.2 Å². The van der Waals surface area contributed by atoms with Crippen LogP contribution in [0, 0.1) is 5.82 Å². The highest BCUT2D eigenvalue weighted by Gasteiger charge is 2.23. The zero-order chi connectivity index (χ0) is 22.1. The van der Waals surface area contributed by atoms with Crippen LogP contribution in [-0.4, -0.2) is 27.0 Å². The van der Waals surface area contributed by atoms with Gasteiger partial charge in [-0.1, -0.05) is 6.07 Å². The fourth-order valence-electron chi connectivity index (χ4n) is 3.16. The molecule has 0 aliphatic carbocycles. The highest BCUT2D eigenvalue weighted by atomic mass is 19.1. The maximum Gasteiger partial charge on any atom is 0.265 e. The van der Waals surface area contributed by atoms with Gasteiger partial charge >= 0.3 is 0 Å². The lowest BCUT2D eigenvalue weighted by Gasteiger charge is -2.23. The van der Waals surface area contributed by atoms with E-state index in [-0.39, 0.29) is 17.7 Å². The smallest absolute Gasteiger partial charge is 0.265 e. The highest BCUT2D eigenvalue weighted by Crippen LogP contribution is 2.33. The molecule has 3 heterocycles. The van der Waals surface area contributed by atoms with Gasteiger partial charge in [-0.05, 0) is 43.3 Å². The first-order valence-electron chi connectivity index (χ1n) is 9.73. The normalized spacial score (nSPS) is 14.8. The molecule has 10 heteroatoms. The van der Waals surface area contributed by atoms with Gasteiger partial charge in [0.2, 0.25) is 11.8 Å². The predicted octanol–water partition coefficient (Wildman–Crippen LogP) is 4.48. The molecule has 4 aromatic rings. The van der Waals surface area contributed by atoms with Gasteiger partial charge in [-0.3, -0.25) is 4.79 Å². The van der Waals surface area contributed by atoms with Gasteiger partial charge in [0, 0.05) is 16.9 Å². The molecule has 0 fully saturated rings. The van der Waals surface area contributed by atoms with Crippen LogP contribution < -0.4 is 20.7 Å². The number of hydrogen-bond donors (Lipinski definition) is 3. The van der Waals surface area contributed by atoms with E-state index in [1.165, 1.54) is 6.26 Å². The molecule has 1 aliphatic rings. The Morgan fingerprint density at radius 1 is 1.09 bits per heavy atom. The molecule has 1 aliphatic heterocycles. The number of anilines is 5. The molecule has 0 spiro atoms. The second kappa shape index (κ2) is 7.99. The summed E-state index contributed by atoms with van der Waals surface area (Å²) < 4.78 is 25.2. The third-order valence-electron chi connectivity index (χ3n) is 4.72. The second-order valence-electron chi connectivity index (χ2n) is 7.02. The minimum absolute atomic E-state index is 0.0253. The van der Waals surface area contributed by atoms with Crippen molar-refractivity contribution >= 4 is 34.7 Å². The van der Waals surface area contributed by atoms with E-state index in [9.17, 15) is 9.18 Å². The summed E-state index contributed by atoms with van der Waals surface area (Å²) in [4.78, 5) is 24.2. The van der Waals surface area contributed by atoms with E-state index < -0.39 is 11.9 Å². The number of nitrogens with zero attached hydrogens (tertiary/aromatic N) is 3. The molecular formula is C22H17FN6O3. The molecule has 2 aromatic heterocycles. The number of benzene rings is 2. The number of aromatic nitrogens is 3. The van der Waals surface area contributed by atoms with Crippen molar-refractivity contribution in [2.24, 2.45) is 0 Å². The van der Waals surface area contributed by atoms with E-state index in [0.29, 0.717) is 28.7 Å². The van der Waals surface area contributed by atoms with Gasteiger partial charge in [-0.2, -0.15) is 4.98 Å². The number of carbonyl (C=O) groups is 1. The number of nitrogens with one attached hydrogen (secondary N) is 3. The number of ether oxygens (including phenoxy) is 1. The Bertz CT molecular complexity index is 1290. The van der Waals surface area contributed by atoms with Crippen molar-refractivity contribution < 1.29 is 18.3 Å². The number of halogens is 1. The Morgan fingerprint density at radius 3 is 2.81 bits per heavy atom. The predicted molar refractivity (Wildman–Crippen MR) is 116 cm³/mol. The molecule has 5 rings (SSSR count). The van der Waals surface area contributed by atoms with Crippen LogP contribution in [0.1, 0.15) is 6.92 Å². The van der Waals surface area contributed by atoms with Crippen LogP contribution >= 0.6 is 0 Å². The molecule has 1 amide bonds. The van der Waals surface area contributed by atoms with Crippen LogP contribution in [0.25, 0.3) is 11.5 Å². The minimum Gasteiger partial charge on any atom is -0.479 e. The molecule has 0 saturated carbocycles. The van der Waals surface area contributed by atoms with Gasteiger partial charge in [0.05, 0.1) is 18.1 Å². The molecule has 2 aromatic carbocycles. The van der Waals surface area contributed by atoms with Gasteiger partial charge in [0.25, 0.3) is 5.91 Å². The van der Waals surface area contributed by atoms with E-state index in [1.807, 2.05) is 24.3 Å². The molecule has 9 nitrogen and oxygen atoms in total. The molecule has 0 saturated heterocycles. The minimum atomic E-state index is -0.629. The topological polar surface area (TPSA) is 114 Å².